The van der Waals surface area contributed by atoms with Crippen LogP contribution in [0.4, 0.5) is 0 Å². The molecule has 3 rings (SSSR count). The fourth-order valence-electron chi connectivity index (χ4n) is 3.06. The molecule has 1 aliphatic rings. The van der Waals surface area contributed by atoms with E-state index >= 15 is 0 Å². The van der Waals surface area contributed by atoms with Gasteiger partial charge in [0.25, 0.3) is 0 Å². The molecule has 0 saturated carbocycles. The number of carboxylic acid groups (broad SMARTS) is 1. The van der Waals surface area contributed by atoms with Crippen molar-refractivity contribution in [3.63, 3.8) is 0 Å². The minimum absolute atomic E-state index is 0. The van der Waals surface area contributed by atoms with Gasteiger partial charge in [0.1, 0.15) is 17.4 Å². The van der Waals surface area contributed by atoms with E-state index in [1.165, 1.54) is 0 Å². The van der Waals surface area contributed by atoms with Crippen LogP contribution in [-0.4, -0.2) is 18.4 Å². The molecular weight excluding hydrogens is 374 g/mol. The SMILES string of the molecule is CC1(c2ccccc2)Cc2cc(OCC(=O)[O-])c(Cl)c(Cl)c2C1=O.[Na+]. The van der Waals surface area contributed by atoms with E-state index in [0.717, 1.165) is 5.56 Å². The van der Waals surface area contributed by atoms with Crippen molar-refractivity contribution in [2.24, 2.45) is 0 Å². The molecule has 0 aromatic heterocycles. The van der Waals surface area contributed by atoms with Gasteiger partial charge in [0.15, 0.2) is 5.78 Å². The summed E-state index contributed by atoms with van der Waals surface area (Å²) in [7, 11) is 0. The smallest absolute Gasteiger partial charge is 0.546 e. The molecule has 0 N–H and O–H groups in total. The minimum Gasteiger partial charge on any atom is -0.546 e. The van der Waals surface area contributed by atoms with Crippen LogP contribution in [0.5, 0.6) is 5.75 Å². The average Bonchev–Trinajstić information content (AvgIpc) is 2.82. The van der Waals surface area contributed by atoms with Gasteiger partial charge in [0.2, 0.25) is 0 Å². The van der Waals surface area contributed by atoms with E-state index in [1.807, 2.05) is 37.3 Å². The second-order valence-electron chi connectivity index (χ2n) is 5.90. The van der Waals surface area contributed by atoms with Crippen molar-refractivity contribution in [2.45, 2.75) is 18.8 Å². The van der Waals surface area contributed by atoms with E-state index in [1.54, 1.807) is 6.07 Å². The summed E-state index contributed by atoms with van der Waals surface area (Å²) in [5, 5.41) is 10.7. The number of halogens is 2. The zero-order chi connectivity index (χ0) is 17.5. The van der Waals surface area contributed by atoms with Gasteiger partial charge < -0.3 is 14.6 Å². The van der Waals surface area contributed by atoms with Gasteiger partial charge in [-0.1, -0.05) is 53.5 Å². The van der Waals surface area contributed by atoms with Crippen LogP contribution in [0.1, 0.15) is 28.4 Å². The molecule has 0 saturated heterocycles. The first-order valence-corrected chi connectivity index (χ1v) is 8.04. The maximum absolute atomic E-state index is 13.0. The van der Waals surface area contributed by atoms with Gasteiger partial charge in [-0.15, -0.1) is 0 Å². The second kappa shape index (κ2) is 7.68. The van der Waals surface area contributed by atoms with Gasteiger partial charge in [-0.2, -0.15) is 0 Å². The molecule has 0 aliphatic heterocycles. The number of Topliss-reactive ketones (excluding diaryl/α,β-unsaturated/α-hetero) is 1. The molecule has 0 radical (unpaired) electrons. The van der Waals surface area contributed by atoms with Crippen molar-refractivity contribution < 1.29 is 49.0 Å². The van der Waals surface area contributed by atoms with Gasteiger partial charge in [0, 0.05) is 5.56 Å². The molecule has 0 bridgehead atoms. The number of carbonyl (C=O) groups is 2. The van der Waals surface area contributed by atoms with Gasteiger partial charge in [0.05, 0.1) is 16.4 Å². The summed E-state index contributed by atoms with van der Waals surface area (Å²) < 4.78 is 5.12. The first-order valence-electron chi connectivity index (χ1n) is 7.28. The Balaban J connectivity index is 0.00000225. The van der Waals surface area contributed by atoms with Crippen LogP contribution in [0, 0.1) is 0 Å². The zero-order valence-electron chi connectivity index (χ0n) is 13.8. The first kappa shape index (κ1) is 20.3. The number of ketones is 1. The normalized spacial score (nSPS) is 18.4. The van der Waals surface area contributed by atoms with Gasteiger partial charge in [-0.3, -0.25) is 4.79 Å². The Morgan fingerprint density at radius 2 is 1.88 bits per heavy atom. The molecular formula is C18H13Cl2NaO4. The summed E-state index contributed by atoms with van der Waals surface area (Å²) in [5.41, 5.74) is 1.20. The quantitative estimate of drug-likeness (QED) is 0.683. The van der Waals surface area contributed by atoms with Crippen molar-refractivity contribution in [3.8, 4) is 5.75 Å². The van der Waals surface area contributed by atoms with Crippen LogP contribution in [0.3, 0.4) is 0 Å². The molecule has 0 heterocycles. The number of rotatable bonds is 4. The topological polar surface area (TPSA) is 66.4 Å². The number of hydrogen-bond donors (Lipinski definition) is 0. The Labute approximate surface area is 177 Å². The predicted octanol–water partition coefficient (Wildman–Crippen LogP) is -0.177. The average molecular weight is 387 g/mol. The third-order valence-corrected chi connectivity index (χ3v) is 5.13. The maximum atomic E-state index is 13.0. The van der Waals surface area contributed by atoms with Crippen molar-refractivity contribution in [3.05, 3.63) is 63.1 Å². The molecule has 1 atom stereocenters. The summed E-state index contributed by atoms with van der Waals surface area (Å²) in [6.45, 7) is 1.22. The van der Waals surface area contributed by atoms with E-state index in [0.29, 0.717) is 17.5 Å². The van der Waals surface area contributed by atoms with Gasteiger partial charge in [-0.25, -0.2) is 0 Å². The van der Waals surface area contributed by atoms with Crippen molar-refractivity contribution >= 4 is 35.0 Å². The summed E-state index contributed by atoms with van der Waals surface area (Å²) in [4.78, 5) is 23.6. The molecule has 0 amide bonds. The number of ether oxygens (including phenoxy) is 1. The van der Waals surface area contributed by atoms with Gasteiger partial charge >= 0.3 is 29.6 Å². The van der Waals surface area contributed by atoms with Crippen LogP contribution >= 0.6 is 23.2 Å². The number of carbonyl (C=O) groups excluding carboxylic acids is 2. The van der Waals surface area contributed by atoms with E-state index in [4.69, 9.17) is 27.9 Å². The van der Waals surface area contributed by atoms with E-state index < -0.39 is 18.0 Å². The largest absolute Gasteiger partial charge is 1.00 e. The van der Waals surface area contributed by atoms with Crippen LogP contribution < -0.4 is 39.4 Å². The summed E-state index contributed by atoms with van der Waals surface area (Å²) >= 11 is 12.4. The number of fused-ring (bicyclic) bond motifs is 1. The molecule has 0 spiro atoms. The summed E-state index contributed by atoms with van der Waals surface area (Å²) in [6.07, 6.45) is 0.434. The molecule has 1 aliphatic carbocycles. The first-order chi connectivity index (χ1) is 11.3. The van der Waals surface area contributed by atoms with Crippen LogP contribution in [0.15, 0.2) is 36.4 Å². The molecule has 0 fully saturated rings. The Morgan fingerprint density at radius 1 is 1.24 bits per heavy atom. The van der Waals surface area contributed by atoms with Crippen LogP contribution in [0.25, 0.3) is 0 Å². The van der Waals surface area contributed by atoms with Crippen LogP contribution in [-0.2, 0) is 16.6 Å². The summed E-state index contributed by atoms with van der Waals surface area (Å²) in [5.74, 6) is -1.34. The molecule has 1 unspecified atom stereocenters. The van der Waals surface area contributed by atoms with E-state index in [9.17, 15) is 14.7 Å². The molecule has 2 aromatic rings. The number of carboxylic acids is 1. The molecule has 4 nitrogen and oxygen atoms in total. The fraction of sp³-hybridized carbons (Fsp3) is 0.222. The van der Waals surface area contributed by atoms with E-state index in [-0.39, 0.29) is 51.1 Å². The molecule has 25 heavy (non-hydrogen) atoms. The van der Waals surface area contributed by atoms with Crippen molar-refractivity contribution in [2.75, 3.05) is 6.61 Å². The number of hydrogen-bond acceptors (Lipinski definition) is 4. The Hall–Kier alpha value is -1.04. The van der Waals surface area contributed by atoms with Crippen molar-refractivity contribution in [1.82, 2.24) is 0 Å². The maximum Gasteiger partial charge on any atom is 1.00 e. The van der Waals surface area contributed by atoms with Crippen LogP contribution in [0.2, 0.25) is 10.0 Å². The van der Waals surface area contributed by atoms with E-state index in [2.05, 4.69) is 0 Å². The Kier molecular flexibility index (Phi) is 6.23. The molecule has 7 heteroatoms. The third-order valence-electron chi connectivity index (χ3n) is 4.28. The monoisotopic (exact) mass is 386 g/mol. The number of aliphatic carboxylic acids is 1. The number of benzene rings is 2. The zero-order valence-corrected chi connectivity index (χ0v) is 17.3. The fourth-order valence-corrected chi connectivity index (χ4v) is 3.56. The minimum atomic E-state index is -1.37. The Bertz CT molecular complexity index is 839. The molecule has 2 aromatic carbocycles. The summed E-state index contributed by atoms with van der Waals surface area (Å²) in [6, 6.07) is 11.0. The van der Waals surface area contributed by atoms with Gasteiger partial charge in [-0.05, 0) is 30.5 Å². The third kappa shape index (κ3) is 3.60. The Morgan fingerprint density at radius 3 is 2.48 bits per heavy atom. The second-order valence-corrected chi connectivity index (χ2v) is 6.66. The standard InChI is InChI=1S/C18H14Cl2O4.Na/c1-18(11-5-3-2-4-6-11)8-10-7-12(24-9-13(21)22)15(19)16(20)14(10)17(18)23;/h2-7H,8-9H2,1H3,(H,21,22);/q;+1/p-1. The van der Waals surface area contributed by atoms with Crippen molar-refractivity contribution in [1.29, 1.82) is 0 Å². The predicted molar refractivity (Wildman–Crippen MR) is 88.8 cm³/mol. The molecule has 124 valence electrons.